The summed E-state index contributed by atoms with van der Waals surface area (Å²) in [6, 6.07) is 13.2. The molecule has 1 aromatic heterocycles. The minimum atomic E-state index is -0.539. The van der Waals surface area contributed by atoms with E-state index in [2.05, 4.69) is 5.32 Å². The summed E-state index contributed by atoms with van der Waals surface area (Å²) in [5, 5.41) is 4.73. The standard InChI is InChI=1S/C17H17NO3S/c1-13(15-8-5-11-22-15)18-16(19)12-21-17(20)10-9-14-6-3-2-4-7-14/h2-11,13H,12H2,1H3,(H,18,19)/b10-9+/t13-/m1/s1. The topological polar surface area (TPSA) is 55.4 Å². The van der Waals surface area contributed by atoms with Gasteiger partial charge in [-0.25, -0.2) is 4.79 Å². The SMILES string of the molecule is C[C@@H](NC(=O)COC(=O)/C=C/c1ccccc1)c1cccs1. The molecule has 0 spiro atoms. The van der Waals surface area contributed by atoms with Gasteiger partial charge < -0.3 is 10.1 Å². The number of benzene rings is 1. The fourth-order valence-corrected chi connectivity index (χ4v) is 2.54. The highest BCUT2D eigenvalue weighted by Gasteiger charge is 2.11. The lowest BCUT2D eigenvalue weighted by molar-refractivity contribution is -0.144. The molecule has 2 rings (SSSR count). The number of ether oxygens (including phenoxy) is 1. The van der Waals surface area contributed by atoms with E-state index in [0.29, 0.717) is 0 Å². The summed E-state index contributed by atoms with van der Waals surface area (Å²) in [7, 11) is 0. The van der Waals surface area contributed by atoms with Gasteiger partial charge in [-0.2, -0.15) is 0 Å². The van der Waals surface area contributed by atoms with E-state index in [1.165, 1.54) is 6.08 Å². The number of esters is 1. The number of carbonyl (C=O) groups is 2. The van der Waals surface area contributed by atoms with Crippen LogP contribution >= 0.6 is 11.3 Å². The van der Waals surface area contributed by atoms with Crippen molar-refractivity contribution in [3.05, 3.63) is 64.4 Å². The molecule has 0 fully saturated rings. The molecule has 0 aliphatic heterocycles. The van der Waals surface area contributed by atoms with Crippen LogP contribution in [0.1, 0.15) is 23.4 Å². The van der Waals surface area contributed by atoms with Gasteiger partial charge in [-0.1, -0.05) is 36.4 Å². The molecule has 0 unspecified atom stereocenters. The lowest BCUT2D eigenvalue weighted by Gasteiger charge is -2.11. The Hall–Kier alpha value is -2.40. The Morgan fingerprint density at radius 3 is 2.68 bits per heavy atom. The molecule has 1 N–H and O–H groups in total. The van der Waals surface area contributed by atoms with Crippen molar-refractivity contribution in [2.75, 3.05) is 6.61 Å². The van der Waals surface area contributed by atoms with Gasteiger partial charge in [0.05, 0.1) is 6.04 Å². The molecule has 1 amide bonds. The monoisotopic (exact) mass is 315 g/mol. The van der Waals surface area contributed by atoms with Crippen molar-refractivity contribution in [3.63, 3.8) is 0 Å². The minimum absolute atomic E-state index is 0.0916. The summed E-state index contributed by atoms with van der Waals surface area (Å²) < 4.78 is 4.91. The summed E-state index contributed by atoms with van der Waals surface area (Å²) in [5.74, 6) is -0.856. The highest BCUT2D eigenvalue weighted by atomic mass is 32.1. The summed E-state index contributed by atoms with van der Waals surface area (Å²) in [6.07, 6.45) is 2.96. The fourth-order valence-electron chi connectivity index (χ4n) is 1.81. The van der Waals surface area contributed by atoms with Crippen LogP contribution in [0, 0.1) is 0 Å². The Bertz CT molecular complexity index is 635. The first-order valence-electron chi connectivity index (χ1n) is 6.88. The second-order valence-corrected chi connectivity index (χ2v) is 5.64. The third-order valence-electron chi connectivity index (χ3n) is 2.90. The van der Waals surface area contributed by atoms with Gasteiger partial charge in [0.25, 0.3) is 5.91 Å². The van der Waals surface area contributed by atoms with Gasteiger partial charge in [-0.15, -0.1) is 11.3 Å². The molecule has 5 heteroatoms. The number of hydrogen-bond acceptors (Lipinski definition) is 4. The summed E-state index contributed by atoms with van der Waals surface area (Å²) in [6.45, 7) is 1.61. The number of amides is 1. The van der Waals surface area contributed by atoms with Crippen molar-refractivity contribution in [2.45, 2.75) is 13.0 Å². The van der Waals surface area contributed by atoms with Crippen molar-refractivity contribution in [1.29, 1.82) is 0 Å². The Morgan fingerprint density at radius 1 is 1.23 bits per heavy atom. The molecule has 1 aromatic carbocycles. The second-order valence-electron chi connectivity index (χ2n) is 4.66. The van der Waals surface area contributed by atoms with Crippen LogP contribution in [-0.2, 0) is 14.3 Å². The molecule has 0 saturated heterocycles. The Balaban J connectivity index is 1.74. The van der Waals surface area contributed by atoms with Gasteiger partial charge in [-0.3, -0.25) is 4.79 Å². The van der Waals surface area contributed by atoms with Gasteiger partial charge >= 0.3 is 5.97 Å². The molecular formula is C17H17NO3S. The fraction of sp³-hybridized carbons (Fsp3) is 0.176. The molecule has 0 aliphatic rings. The summed E-state index contributed by atoms with van der Waals surface area (Å²) in [5.41, 5.74) is 0.898. The number of rotatable bonds is 6. The molecule has 0 aliphatic carbocycles. The minimum Gasteiger partial charge on any atom is -0.452 e. The van der Waals surface area contributed by atoms with Gasteiger partial charge in [-0.05, 0) is 30.0 Å². The molecule has 0 radical (unpaired) electrons. The van der Waals surface area contributed by atoms with Crippen molar-refractivity contribution < 1.29 is 14.3 Å². The Labute approximate surface area is 133 Å². The first kappa shape index (κ1) is 16.0. The molecule has 0 bridgehead atoms. The Kier molecular flexibility index (Phi) is 5.91. The van der Waals surface area contributed by atoms with Crippen LogP contribution in [0.5, 0.6) is 0 Å². The highest BCUT2D eigenvalue weighted by Crippen LogP contribution is 2.17. The van der Waals surface area contributed by atoms with Crippen LogP contribution < -0.4 is 5.32 Å². The predicted molar refractivity (Wildman–Crippen MR) is 87.3 cm³/mol. The van der Waals surface area contributed by atoms with E-state index < -0.39 is 5.97 Å². The van der Waals surface area contributed by atoms with E-state index >= 15 is 0 Å². The lowest BCUT2D eigenvalue weighted by Crippen LogP contribution is -2.30. The first-order valence-corrected chi connectivity index (χ1v) is 7.76. The maximum Gasteiger partial charge on any atom is 0.331 e. The predicted octanol–water partition coefficient (Wildman–Crippen LogP) is 3.18. The van der Waals surface area contributed by atoms with Crippen LogP contribution in [0.4, 0.5) is 0 Å². The van der Waals surface area contributed by atoms with Crippen molar-refractivity contribution in [1.82, 2.24) is 5.32 Å². The van der Waals surface area contributed by atoms with E-state index in [-0.39, 0.29) is 18.6 Å². The maximum atomic E-state index is 11.7. The largest absolute Gasteiger partial charge is 0.452 e. The van der Waals surface area contributed by atoms with Gasteiger partial charge in [0.2, 0.25) is 0 Å². The average Bonchev–Trinajstić information content (AvgIpc) is 3.06. The van der Waals surface area contributed by atoms with Gasteiger partial charge in [0.1, 0.15) is 0 Å². The zero-order valence-electron chi connectivity index (χ0n) is 12.2. The number of hydrogen-bond donors (Lipinski definition) is 1. The van der Waals surface area contributed by atoms with E-state index in [4.69, 9.17) is 4.74 Å². The molecule has 22 heavy (non-hydrogen) atoms. The summed E-state index contributed by atoms with van der Waals surface area (Å²) in [4.78, 5) is 24.3. The highest BCUT2D eigenvalue weighted by molar-refractivity contribution is 7.10. The van der Waals surface area contributed by atoms with Crippen LogP contribution in [0.15, 0.2) is 53.9 Å². The van der Waals surface area contributed by atoms with Gasteiger partial charge in [0, 0.05) is 11.0 Å². The van der Waals surface area contributed by atoms with Crippen LogP contribution in [0.3, 0.4) is 0 Å². The molecule has 1 atom stereocenters. The zero-order valence-corrected chi connectivity index (χ0v) is 13.0. The molecule has 0 saturated carbocycles. The number of carbonyl (C=O) groups excluding carboxylic acids is 2. The first-order chi connectivity index (χ1) is 10.6. The van der Waals surface area contributed by atoms with E-state index in [9.17, 15) is 9.59 Å². The molecule has 4 nitrogen and oxygen atoms in total. The molecular weight excluding hydrogens is 298 g/mol. The van der Waals surface area contributed by atoms with Crippen LogP contribution in [-0.4, -0.2) is 18.5 Å². The second kappa shape index (κ2) is 8.14. The smallest absolute Gasteiger partial charge is 0.331 e. The number of nitrogens with one attached hydrogen (secondary N) is 1. The van der Waals surface area contributed by atoms with E-state index in [0.717, 1.165) is 10.4 Å². The zero-order chi connectivity index (χ0) is 15.8. The van der Waals surface area contributed by atoms with Crippen LogP contribution in [0.25, 0.3) is 6.08 Å². The van der Waals surface area contributed by atoms with Gasteiger partial charge in [0.15, 0.2) is 6.61 Å². The normalized spacial score (nSPS) is 12.0. The summed E-state index contributed by atoms with van der Waals surface area (Å²) >= 11 is 1.57. The van der Waals surface area contributed by atoms with Crippen molar-refractivity contribution >= 4 is 29.3 Å². The third kappa shape index (κ3) is 5.18. The number of thiophene rings is 1. The Morgan fingerprint density at radius 2 is 2.00 bits per heavy atom. The van der Waals surface area contributed by atoms with Crippen LogP contribution in [0.2, 0.25) is 0 Å². The quantitative estimate of drug-likeness (QED) is 0.658. The molecule has 2 aromatic rings. The maximum absolute atomic E-state index is 11.7. The van der Waals surface area contributed by atoms with Crippen molar-refractivity contribution in [3.8, 4) is 0 Å². The molecule has 114 valence electrons. The third-order valence-corrected chi connectivity index (χ3v) is 3.96. The lowest BCUT2D eigenvalue weighted by atomic mass is 10.2. The average molecular weight is 315 g/mol. The van der Waals surface area contributed by atoms with E-state index in [1.807, 2.05) is 54.8 Å². The molecule has 1 heterocycles. The van der Waals surface area contributed by atoms with Crippen molar-refractivity contribution in [2.24, 2.45) is 0 Å². The van der Waals surface area contributed by atoms with E-state index in [1.54, 1.807) is 17.4 Å².